The van der Waals surface area contributed by atoms with Crippen LogP contribution in [-0.2, 0) is 14.3 Å². The molecule has 0 aliphatic carbocycles. The number of carbonyl (C=O) groups excluding carboxylic acids is 2. The average Bonchev–Trinajstić information content (AvgIpc) is 2.64. The average molecular weight is 321 g/mol. The van der Waals surface area contributed by atoms with Gasteiger partial charge in [-0.25, -0.2) is 4.79 Å². The zero-order chi connectivity index (χ0) is 16.9. The number of rotatable bonds is 3. The summed E-state index contributed by atoms with van der Waals surface area (Å²) in [5, 5.41) is 4.27. The van der Waals surface area contributed by atoms with Crippen molar-refractivity contribution in [1.82, 2.24) is 5.43 Å². The number of esters is 1. The van der Waals surface area contributed by atoms with E-state index < -0.39 is 5.97 Å². The van der Waals surface area contributed by atoms with Crippen molar-refractivity contribution in [2.75, 3.05) is 12.0 Å². The van der Waals surface area contributed by atoms with Crippen molar-refractivity contribution in [2.24, 2.45) is 5.10 Å². The number of nitrogens with zero attached hydrogens (tertiary/aromatic N) is 2. The molecule has 6 nitrogen and oxygen atoms in total. The maximum Gasteiger partial charge on any atom is 0.332 e. The van der Waals surface area contributed by atoms with Gasteiger partial charge in [0, 0.05) is 5.56 Å². The number of anilines is 1. The summed E-state index contributed by atoms with van der Waals surface area (Å²) in [5.74, 6) is -0.563. The standard InChI is InChI=1S/C18H15N3O3/c1-24-16(22)12-15-18(23)21(14-10-6-3-7-11-14)17(20-19-15)13-8-4-2-5-9-13/h2-12,19H,1H3/b15-12+. The Kier molecular flexibility index (Phi) is 4.38. The van der Waals surface area contributed by atoms with Crippen LogP contribution in [-0.4, -0.2) is 24.8 Å². The molecule has 6 heteroatoms. The summed E-state index contributed by atoms with van der Waals surface area (Å²) in [7, 11) is 1.25. The van der Waals surface area contributed by atoms with Crippen molar-refractivity contribution >= 4 is 23.4 Å². The van der Waals surface area contributed by atoms with Crippen LogP contribution >= 0.6 is 0 Å². The van der Waals surface area contributed by atoms with Gasteiger partial charge in [-0.15, -0.1) is 0 Å². The summed E-state index contributed by atoms with van der Waals surface area (Å²) in [6.07, 6.45) is 1.09. The number of amidine groups is 1. The van der Waals surface area contributed by atoms with E-state index in [4.69, 9.17) is 0 Å². The molecule has 0 bridgehead atoms. The molecule has 0 radical (unpaired) electrons. The smallest absolute Gasteiger partial charge is 0.332 e. The molecule has 0 unspecified atom stereocenters. The molecule has 0 spiro atoms. The van der Waals surface area contributed by atoms with E-state index in [1.807, 2.05) is 48.5 Å². The molecular weight excluding hydrogens is 306 g/mol. The molecule has 1 N–H and O–H groups in total. The number of carbonyl (C=O) groups is 2. The number of nitrogens with one attached hydrogen (secondary N) is 1. The Bertz CT molecular complexity index is 814. The zero-order valence-electron chi connectivity index (χ0n) is 13.0. The molecule has 0 aromatic heterocycles. The summed E-state index contributed by atoms with van der Waals surface area (Å²) < 4.78 is 4.58. The van der Waals surface area contributed by atoms with Gasteiger partial charge in [0.1, 0.15) is 5.70 Å². The number of hydrogen-bond donors (Lipinski definition) is 1. The van der Waals surface area contributed by atoms with Crippen LogP contribution in [0.4, 0.5) is 5.69 Å². The number of para-hydroxylation sites is 1. The minimum Gasteiger partial charge on any atom is -0.466 e. The lowest BCUT2D eigenvalue weighted by Crippen LogP contribution is -2.46. The summed E-state index contributed by atoms with van der Waals surface area (Å²) in [6.45, 7) is 0. The summed E-state index contributed by atoms with van der Waals surface area (Å²) in [4.78, 5) is 25.8. The van der Waals surface area contributed by atoms with E-state index in [0.717, 1.165) is 11.6 Å². The van der Waals surface area contributed by atoms with Gasteiger partial charge in [0.05, 0.1) is 18.9 Å². The molecule has 0 saturated heterocycles. The number of benzene rings is 2. The number of ether oxygens (including phenoxy) is 1. The molecule has 1 aliphatic rings. The first kappa shape index (κ1) is 15.5. The van der Waals surface area contributed by atoms with E-state index in [-0.39, 0.29) is 11.6 Å². The van der Waals surface area contributed by atoms with E-state index in [9.17, 15) is 9.59 Å². The molecule has 2 aromatic rings. The molecule has 24 heavy (non-hydrogen) atoms. The second-order valence-electron chi connectivity index (χ2n) is 4.97. The first-order valence-electron chi connectivity index (χ1n) is 7.29. The Morgan fingerprint density at radius 3 is 2.33 bits per heavy atom. The summed E-state index contributed by atoms with van der Waals surface area (Å²) in [5.41, 5.74) is 4.12. The fraction of sp³-hybridized carbons (Fsp3) is 0.0556. The fourth-order valence-corrected chi connectivity index (χ4v) is 2.30. The maximum atomic E-state index is 12.9. The molecule has 3 rings (SSSR count). The van der Waals surface area contributed by atoms with Gasteiger partial charge in [-0.05, 0) is 12.1 Å². The monoisotopic (exact) mass is 321 g/mol. The van der Waals surface area contributed by atoms with E-state index in [0.29, 0.717) is 11.5 Å². The van der Waals surface area contributed by atoms with Crippen molar-refractivity contribution < 1.29 is 14.3 Å². The second kappa shape index (κ2) is 6.78. The van der Waals surface area contributed by atoms with Gasteiger partial charge in [0.15, 0.2) is 5.84 Å². The lowest BCUT2D eigenvalue weighted by Gasteiger charge is -2.29. The van der Waals surface area contributed by atoms with Crippen molar-refractivity contribution in [2.45, 2.75) is 0 Å². The third-order valence-electron chi connectivity index (χ3n) is 3.44. The van der Waals surface area contributed by atoms with Crippen molar-refractivity contribution in [3.63, 3.8) is 0 Å². The Hall–Kier alpha value is -3.41. The predicted octanol–water partition coefficient (Wildman–Crippen LogP) is 2.04. The normalized spacial score (nSPS) is 15.7. The quantitative estimate of drug-likeness (QED) is 0.694. The van der Waals surface area contributed by atoms with E-state index in [2.05, 4.69) is 15.3 Å². The second-order valence-corrected chi connectivity index (χ2v) is 4.97. The van der Waals surface area contributed by atoms with Gasteiger partial charge >= 0.3 is 5.97 Å². The van der Waals surface area contributed by atoms with Gasteiger partial charge in [0.2, 0.25) is 0 Å². The van der Waals surface area contributed by atoms with Crippen LogP contribution in [0, 0.1) is 0 Å². The maximum absolute atomic E-state index is 12.9. The first-order chi connectivity index (χ1) is 11.7. The molecular formula is C18H15N3O3. The van der Waals surface area contributed by atoms with Crippen LogP contribution in [0.5, 0.6) is 0 Å². The number of methoxy groups -OCH3 is 1. The number of hydrazone groups is 1. The molecule has 120 valence electrons. The molecule has 0 atom stereocenters. The summed E-state index contributed by atoms with van der Waals surface area (Å²) >= 11 is 0. The topological polar surface area (TPSA) is 71.0 Å². The van der Waals surface area contributed by atoms with Crippen molar-refractivity contribution in [1.29, 1.82) is 0 Å². The van der Waals surface area contributed by atoms with Gasteiger partial charge in [0.25, 0.3) is 5.91 Å². The highest BCUT2D eigenvalue weighted by Crippen LogP contribution is 2.22. The van der Waals surface area contributed by atoms with Gasteiger partial charge in [-0.2, -0.15) is 5.10 Å². The summed E-state index contributed by atoms with van der Waals surface area (Å²) in [6, 6.07) is 18.5. The highest BCUT2D eigenvalue weighted by Gasteiger charge is 2.30. The Balaban J connectivity index is 2.09. The lowest BCUT2D eigenvalue weighted by atomic mass is 10.1. The Morgan fingerprint density at radius 2 is 1.71 bits per heavy atom. The van der Waals surface area contributed by atoms with E-state index >= 15 is 0 Å². The largest absolute Gasteiger partial charge is 0.466 e. The Labute approximate surface area is 139 Å². The molecule has 1 heterocycles. The molecule has 1 aliphatic heterocycles. The molecule has 0 saturated carbocycles. The van der Waals surface area contributed by atoms with Crippen molar-refractivity contribution in [3.05, 3.63) is 78.0 Å². The van der Waals surface area contributed by atoms with Crippen LogP contribution < -0.4 is 10.3 Å². The number of hydrogen-bond acceptors (Lipinski definition) is 5. The lowest BCUT2D eigenvalue weighted by molar-refractivity contribution is -0.135. The van der Waals surface area contributed by atoms with E-state index in [1.165, 1.54) is 12.0 Å². The minimum absolute atomic E-state index is 0.0467. The van der Waals surface area contributed by atoms with Crippen LogP contribution in [0.15, 0.2) is 77.5 Å². The number of amides is 1. The van der Waals surface area contributed by atoms with E-state index in [1.54, 1.807) is 12.1 Å². The third kappa shape index (κ3) is 3.03. The zero-order valence-corrected chi connectivity index (χ0v) is 13.0. The highest BCUT2D eigenvalue weighted by molar-refractivity contribution is 6.29. The predicted molar refractivity (Wildman–Crippen MR) is 90.1 cm³/mol. The van der Waals surface area contributed by atoms with Crippen LogP contribution in [0.2, 0.25) is 0 Å². The van der Waals surface area contributed by atoms with Gasteiger partial charge in [-0.3, -0.25) is 15.1 Å². The SMILES string of the molecule is COC(=O)/C=C1/NN=C(c2ccccc2)N(c2ccccc2)C1=O. The van der Waals surface area contributed by atoms with Gasteiger partial charge < -0.3 is 4.74 Å². The molecule has 0 fully saturated rings. The molecule has 1 amide bonds. The fourth-order valence-electron chi connectivity index (χ4n) is 2.30. The minimum atomic E-state index is -0.628. The van der Waals surface area contributed by atoms with Gasteiger partial charge in [-0.1, -0.05) is 48.5 Å². The highest BCUT2D eigenvalue weighted by atomic mass is 16.5. The van der Waals surface area contributed by atoms with Crippen LogP contribution in [0.25, 0.3) is 0 Å². The van der Waals surface area contributed by atoms with Crippen LogP contribution in [0.1, 0.15) is 5.56 Å². The van der Waals surface area contributed by atoms with Crippen molar-refractivity contribution in [3.8, 4) is 0 Å². The molecule has 2 aromatic carbocycles. The Morgan fingerprint density at radius 1 is 1.08 bits per heavy atom. The first-order valence-corrected chi connectivity index (χ1v) is 7.29. The van der Waals surface area contributed by atoms with Crippen LogP contribution in [0.3, 0.4) is 0 Å². The third-order valence-corrected chi connectivity index (χ3v) is 3.44.